The van der Waals surface area contributed by atoms with Gasteiger partial charge in [-0.25, -0.2) is 12.8 Å². The van der Waals surface area contributed by atoms with E-state index in [0.29, 0.717) is 70.7 Å². The zero-order valence-electron chi connectivity index (χ0n) is 25.4. The number of aryl methyl sites for hydroxylation is 2. The summed E-state index contributed by atoms with van der Waals surface area (Å²) in [5.41, 5.74) is 1.87. The van der Waals surface area contributed by atoms with Crippen LogP contribution in [0, 0.1) is 25.6 Å². The van der Waals surface area contributed by atoms with Crippen LogP contribution in [0.2, 0.25) is 0 Å². The number of hydrogen-bond acceptors (Lipinski definition) is 6. The number of sulfone groups is 1. The van der Waals surface area contributed by atoms with E-state index in [0.717, 1.165) is 6.07 Å². The molecule has 2 aliphatic heterocycles. The van der Waals surface area contributed by atoms with Gasteiger partial charge in [-0.1, -0.05) is 6.07 Å². The van der Waals surface area contributed by atoms with Gasteiger partial charge in [0.15, 0.2) is 0 Å². The van der Waals surface area contributed by atoms with Crippen molar-refractivity contribution in [2.24, 2.45) is 5.92 Å². The van der Waals surface area contributed by atoms with Gasteiger partial charge in [0.05, 0.1) is 36.7 Å². The van der Waals surface area contributed by atoms with Crippen LogP contribution < -0.4 is 14.2 Å². The molecule has 6 rings (SSSR count). The van der Waals surface area contributed by atoms with E-state index in [1.165, 1.54) is 0 Å². The number of hydrogen-bond donors (Lipinski definition) is 1. The Kier molecular flexibility index (Phi) is 8.45. The maximum absolute atomic E-state index is 15.8. The Morgan fingerprint density at radius 1 is 1.02 bits per heavy atom. The van der Waals surface area contributed by atoms with Crippen LogP contribution in [0.3, 0.4) is 0 Å². The van der Waals surface area contributed by atoms with Crippen LogP contribution in [-0.2, 0) is 27.2 Å². The van der Waals surface area contributed by atoms with Crippen molar-refractivity contribution in [2.75, 3.05) is 24.7 Å². The number of carboxylic acid groups (broad SMARTS) is 1. The third-order valence-electron chi connectivity index (χ3n) is 9.20. The van der Waals surface area contributed by atoms with E-state index in [1.807, 2.05) is 0 Å². The summed E-state index contributed by atoms with van der Waals surface area (Å²) in [5.74, 6) is -1.00. The van der Waals surface area contributed by atoms with Crippen LogP contribution in [0.15, 0.2) is 36.4 Å². The maximum atomic E-state index is 15.8. The number of ether oxygens (including phenoxy) is 3. The van der Waals surface area contributed by atoms with Crippen molar-refractivity contribution in [1.82, 2.24) is 0 Å². The van der Waals surface area contributed by atoms with E-state index in [4.69, 9.17) is 19.3 Å². The number of alkyl halides is 3. The predicted molar refractivity (Wildman–Crippen MR) is 162 cm³/mol. The molecule has 2 heterocycles. The van der Waals surface area contributed by atoms with Gasteiger partial charge in [0.25, 0.3) is 0 Å². The largest absolute Gasteiger partial charge is 0.493 e. The Hall–Kier alpha value is -3.80. The number of carboxylic acids is 1. The molecule has 1 aliphatic carbocycles. The molecule has 0 aromatic heterocycles. The van der Waals surface area contributed by atoms with Crippen LogP contribution in [-0.4, -0.2) is 44.2 Å². The minimum atomic E-state index is -4.94. The fourth-order valence-electron chi connectivity index (χ4n) is 6.92. The van der Waals surface area contributed by atoms with Gasteiger partial charge in [-0.2, -0.15) is 13.2 Å². The summed E-state index contributed by atoms with van der Waals surface area (Å²) in [6, 6.07) is 9.24. The molecule has 3 aromatic carbocycles. The average Bonchev–Trinajstić information content (AvgIpc) is 3.56. The number of halogens is 4. The number of benzene rings is 3. The number of rotatable bonds is 8. The normalized spacial score (nSPS) is 20.6. The molecule has 0 saturated carbocycles. The third-order valence-corrected chi connectivity index (χ3v) is 10.9. The lowest BCUT2D eigenvalue weighted by Gasteiger charge is -2.23. The van der Waals surface area contributed by atoms with E-state index < -0.39 is 39.5 Å². The van der Waals surface area contributed by atoms with Crippen LogP contribution in [0.4, 0.5) is 17.6 Å². The second-order valence-electron chi connectivity index (χ2n) is 12.5. The van der Waals surface area contributed by atoms with Gasteiger partial charge >= 0.3 is 12.1 Å². The monoisotopic (exact) mass is 662 g/mol. The van der Waals surface area contributed by atoms with E-state index in [2.05, 4.69) is 0 Å². The highest BCUT2D eigenvalue weighted by Gasteiger charge is 2.41. The van der Waals surface area contributed by atoms with Crippen molar-refractivity contribution in [3.8, 4) is 28.4 Å². The van der Waals surface area contributed by atoms with Crippen LogP contribution in [0.25, 0.3) is 11.1 Å². The Morgan fingerprint density at radius 2 is 1.72 bits per heavy atom. The van der Waals surface area contributed by atoms with Gasteiger partial charge in [-0.3, -0.25) is 4.79 Å². The SMILES string of the molecule is Cc1cc(OCC2CCS(=O)(=O)CC2)cc(C)c1-c1cc(C(F)(F)F)c(F)c2c1CCC2Oc1ccc2c(c1)OCC2CC(=O)O. The summed E-state index contributed by atoms with van der Waals surface area (Å²) in [4.78, 5) is 11.2. The second kappa shape index (κ2) is 12.1. The molecule has 0 amide bonds. The molecule has 0 bridgehead atoms. The van der Waals surface area contributed by atoms with Crippen molar-refractivity contribution in [3.05, 3.63) is 75.6 Å². The van der Waals surface area contributed by atoms with Gasteiger partial charge in [0, 0.05) is 23.1 Å². The number of carbonyl (C=O) groups is 1. The first-order chi connectivity index (χ1) is 21.7. The number of fused-ring (bicyclic) bond motifs is 2. The van der Waals surface area contributed by atoms with Crippen LogP contribution in [0.1, 0.15) is 71.1 Å². The molecule has 12 heteroatoms. The highest BCUT2D eigenvalue weighted by atomic mass is 32.2. The minimum absolute atomic E-state index is 0.0962. The third kappa shape index (κ3) is 6.41. The standard InChI is InChI=1S/C34H34F4O7S/c1-18-11-23(43-16-20-7-9-46(41,42)10-8-20)12-19(2)31(18)26-15-27(34(36,37)38)33(35)32-25(26)5-6-28(32)45-22-3-4-24-21(13-30(39)40)17-44-29(24)14-22/h3-4,11-12,14-15,20-21,28H,5-10,13,16-17H2,1-2H3,(H,39,40). The molecule has 1 N–H and O–H groups in total. The molecule has 246 valence electrons. The van der Waals surface area contributed by atoms with Crippen LogP contribution >= 0.6 is 0 Å². The molecule has 46 heavy (non-hydrogen) atoms. The first kappa shape index (κ1) is 32.2. The second-order valence-corrected chi connectivity index (χ2v) is 14.8. The van der Waals surface area contributed by atoms with Gasteiger partial charge in [0.2, 0.25) is 0 Å². The topological polar surface area (TPSA) is 99.1 Å². The predicted octanol–water partition coefficient (Wildman–Crippen LogP) is 7.35. The Labute approximate surface area is 264 Å². The summed E-state index contributed by atoms with van der Waals surface area (Å²) in [7, 11) is -3.00. The van der Waals surface area contributed by atoms with Crippen LogP contribution in [0.5, 0.6) is 17.2 Å². The van der Waals surface area contributed by atoms with Gasteiger partial charge in [-0.15, -0.1) is 0 Å². The summed E-state index contributed by atoms with van der Waals surface area (Å²) < 4.78 is 99.7. The molecule has 1 saturated heterocycles. The molecule has 2 atom stereocenters. The highest BCUT2D eigenvalue weighted by molar-refractivity contribution is 7.91. The summed E-state index contributed by atoms with van der Waals surface area (Å²) in [6.07, 6.45) is -4.42. The quantitative estimate of drug-likeness (QED) is 0.252. The lowest BCUT2D eigenvalue weighted by atomic mass is 9.88. The van der Waals surface area contributed by atoms with Gasteiger partial charge in [0.1, 0.15) is 39.0 Å². The molecule has 1 fully saturated rings. The Bertz CT molecular complexity index is 1760. The first-order valence-corrected chi connectivity index (χ1v) is 17.0. The van der Waals surface area contributed by atoms with Crippen molar-refractivity contribution < 1.29 is 50.1 Å². The molecular formula is C34H34F4O7S. The molecule has 0 radical (unpaired) electrons. The maximum Gasteiger partial charge on any atom is 0.419 e. The lowest BCUT2D eigenvalue weighted by molar-refractivity contribution is -0.140. The fraction of sp³-hybridized carbons (Fsp3) is 0.441. The van der Waals surface area contributed by atoms with Crippen molar-refractivity contribution >= 4 is 15.8 Å². The summed E-state index contributed by atoms with van der Waals surface area (Å²) >= 11 is 0. The van der Waals surface area contributed by atoms with Gasteiger partial charge < -0.3 is 19.3 Å². The highest BCUT2D eigenvalue weighted by Crippen LogP contribution is 2.48. The van der Waals surface area contributed by atoms with E-state index in [-0.39, 0.29) is 54.1 Å². The van der Waals surface area contributed by atoms with Crippen molar-refractivity contribution in [3.63, 3.8) is 0 Å². The molecular weight excluding hydrogens is 628 g/mol. The zero-order valence-corrected chi connectivity index (χ0v) is 26.2. The van der Waals surface area contributed by atoms with E-state index in [1.54, 1.807) is 44.2 Å². The molecule has 7 nitrogen and oxygen atoms in total. The smallest absolute Gasteiger partial charge is 0.419 e. The van der Waals surface area contributed by atoms with Gasteiger partial charge in [-0.05, 0) is 97.5 Å². The van der Waals surface area contributed by atoms with Crippen molar-refractivity contribution in [2.45, 2.75) is 64.1 Å². The molecule has 3 aliphatic rings. The Morgan fingerprint density at radius 3 is 2.37 bits per heavy atom. The lowest BCUT2D eigenvalue weighted by Crippen LogP contribution is -2.26. The fourth-order valence-corrected chi connectivity index (χ4v) is 8.50. The minimum Gasteiger partial charge on any atom is -0.493 e. The van der Waals surface area contributed by atoms with E-state index in [9.17, 15) is 26.4 Å². The summed E-state index contributed by atoms with van der Waals surface area (Å²) in [5, 5.41) is 9.16. The number of aliphatic carboxylic acids is 1. The molecule has 2 unspecified atom stereocenters. The average molecular weight is 663 g/mol. The molecule has 3 aromatic rings. The first-order valence-electron chi connectivity index (χ1n) is 15.2. The summed E-state index contributed by atoms with van der Waals surface area (Å²) in [6.45, 7) is 4.08. The van der Waals surface area contributed by atoms with E-state index >= 15 is 4.39 Å². The Balaban J connectivity index is 1.30. The zero-order chi connectivity index (χ0) is 33.0. The molecule has 0 spiro atoms. The van der Waals surface area contributed by atoms with Crippen molar-refractivity contribution in [1.29, 1.82) is 0 Å².